The maximum Gasteiger partial charge on any atom is 0.301 e. The molecule has 154 valence electrons. The topological polar surface area (TPSA) is 64.7 Å². The lowest BCUT2D eigenvalue weighted by Crippen LogP contribution is -2.46. The Balaban J connectivity index is 1.48. The lowest BCUT2D eigenvalue weighted by Gasteiger charge is -2.35. The van der Waals surface area contributed by atoms with E-state index in [9.17, 15) is 8.42 Å². The largest absolute Gasteiger partial charge is 0.371 e. The third-order valence-corrected chi connectivity index (χ3v) is 7.28. The molecule has 1 aromatic carbocycles. The van der Waals surface area contributed by atoms with E-state index in [-0.39, 0.29) is 0 Å². The summed E-state index contributed by atoms with van der Waals surface area (Å²) in [4.78, 5) is 2.37. The van der Waals surface area contributed by atoms with Gasteiger partial charge in [-0.2, -0.15) is 24.1 Å². The van der Waals surface area contributed by atoms with Gasteiger partial charge in [0.25, 0.3) is 0 Å². The van der Waals surface area contributed by atoms with Crippen LogP contribution in [0, 0.1) is 0 Å². The average molecular weight is 423 g/mol. The molecule has 1 aromatic heterocycles. The molecule has 8 heteroatoms. The molecule has 0 saturated carbocycles. The molecule has 0 bridgehead atoms. The minimum absolute atomic E-state index is 0.482. The van der Waals surface area contributed by atoms with Crippen molar-refractivity contribution in [2.45, 2.75) is 38.3 Å². The summed E-state index contributed by atoms with van der Waals surface area (Å²) in [6, 6.07) is 10.9. The van der Waals surface area contributed by atoms with Crippen molar-refractivity contribution in [3.05, 3.63) is 46.7 Å². The molecule has 0 unspecified atom stereocenters. The molecule has 1 fully saturated rings. The second kappa shape index (κ2) is 9.26. The molecule has 3 rings (SSSR count). The summed E-state index contributed by atoms with van der Waals surface area (Å²) in [6.07, 6.45) is 3.31. The lowest BCUT2D eigenvalue weighted by molar-refractivity contribution is 0.375. The number of piperidine rings is 1. The summed E-state index contributed by atoms with van der Waals surface area (Å²) in [7, 11) is -0.445. The molecule has 0 radical (unpaired) electrons. The van der Waals surface area contributed by atoms with Crippen molar-refractivity contribution in [3.8, 4) is 0 Å². The predicted octanol–water partition coefficient (Wildman–Crippen LogP) is 3.16. The molecule has 0 spiro atoms. The molecule has 1 aliphatic heterocycles. The average Bonchev–Trinajstić information content (AvgIpc) is 3.15. The lowest BCUT2D eigenvalue weighted by atomic mass is 10.0. The molecule has 2 aromatic rings. The number of hydrogen-bond donors (Lipinski definition) is 2. The highest BCUT2D eigenvalue weighted by atomic mass is 32.2. The maximum absolute atomic E-state index is 11.9. The highest BCUT2D eigenvalue weighted by Crippen LogP contribution is 2.23. The van der Waals surface area contributed by atoms with Gasteiger partial charge >= 0.3 is 10.2 Å². The van der Waals surface area contributed by atoms with Crippen LogP contribution in [-0.4, -0.2) is 52.0 Å². The van der Waals surface area contributed by atoms with Gasteiger partial charge in [-0.1, -0.05) is 0 Å². The van der Waals surface area contributed by atoms with Gasteiger partial charge < -0.3 is 10.2 Å². The van der Waals surface area contributed by atoms with Crippen LogP contribution in [0.25, 0.3) is 0 Å². The molecule has 2 N–H and O–H groups in total. The van der Waals surface area contributed by atoms with E-state index in [4.69, 9.17) is 0 Å². The molecule has 1 saturated heterocycles. The zero-order chi connectivity index (χ0) is 20.1. The Kier molecular flexibility index (Phi) is 6.98. The van der Waals surface area contributed by atoms with Gasteiger partial charge in [0.15, 0.2) is 0 Å². The van der Waals surface area contributed by atoms with E-state index in [2.05, 4.69) is 38.7 Å². The zero-order valence-corrected chi connectivity index (χ0v) is 18.4. The van der Waals surface area contributed by atoms with Crippen LogP contribution in [0.4, 0.5) is 11.4 Å². The highest BCUT2D eigenvalue weighted by molar-refractivity contribution is 7.90. The normalized spacial score (nSPS) is 17.1. The first kappa shape index (κ1) is 21.1. The Morgan fingerprint density at radius 2 is 1.86 bits per heavy atom. The summed E-state index contributed by atoms with van der Waals surface area (Å²) in [5.41, 5.74) is 3.13. The summed E-state index contributed by atoms with van der Waals surface area (Å²) >= 11 is 1.76. The summed E-state index contributed by atoms with van der Waals surface area (Å²) < 4.78 is 27.5. The maximum atomic E-state index is 11.9. The quantitative estimate of drug-likeness (QED) is 0.686. The first-order valence-corrected chi connectivity index (χ1v) is 12.0. The fourth-order valence-electron chi connectivity index (χ4n) is 3.51. The zero-order valence-electron chi connectivity index (χ0n) is 16.8. The molecule has 6 nitrogen and oxygen atoms in total. The van der Waals surface area contributed by atoms with Gasteiger partial charge in [0.05, 0.1) is 0 Å². The molecule has 0 aliphatic carbocycles. The van der Waals surface area contributed by atoms with Crippen molar-refractivity contribution in [3.63, 3.8) is 0 Å². The monoisotopic (exact) mass is 422 g/mol. The van der Waals surface area contributed by atoms with Crippen LogP contribution >= 0.6 is 11.3 Å². The fourth-order valence-corrected chi connectivity index (χ4v) is 4.81. The van der Waals surface area contributed by atoms with E-state index in [0.717, 1.165) is 42.3 Å². The van der Waals surface area contributed by atoms with Gasteiger partial charge in [-0.25, -0.2) is 0 Å². The van der Waals surface area contributed by atoms with Crippen molar-refractivity contribution in [1.29, 1.82) is 0 Å². The van der Waals surface area contributed by atoms with E-state index in [1.165, 1.54) is 19.7 Å². The standard InChI is InChI=1S/C20H30N4O2S2/c1-16(14-17-10-13-27-15-17)21-18-8-11-24(12-9-18)20-6-4-19(5-7-20)22-28(25,26)23(2)3/h4-7,10,13,15-16,18,21-22H,8-9,11-12,14H2,1-3H3/t16-/m1/s1. The second-order valence-corrected chi connectivity index (χ2v) is 10.3. The van der Waals surface area contributed by atoms with Crippen molar-refractivity contribution >= 4 is 32.9 Å². The minimum atomic E-state index is -3.46. The van der Waals surface area contributed by atoms with Gasteiger partial charge in [-0.15, -0.1) is 0 Å². The number of anilines is 2. The first-order chi connectivity index (χ1) is 13.3. The molecular formula is C20H30N4O2S2. The predicted molar refractivity (Wildman–Crippen MR) is 119 cm³/mol. The SMILES string of the molecule is C[C@H](Cc1ccsc1)NC1CCN(c2ccc(NS(=O)(=O)N(C)C)cc2)CC1. The molecule has 28 heavy (non-hydrogen) atoms. The van der Waals surface area contributed by atoms with Gasteiger partial charge in [-0.05, 0) is 72.8 Å². The first-order valence-electron chi connectivity index (χ1n) is 9.66. The van der Waals surface area contributed by atoms with Crippen LogP contribution < -0.4 is 14.9 Å². The number of nitrogens with one attached hydrogen (secondary N) is 2. The number of nitrogens with zero attached hydrogens (tertiary/aromatic N) is 2. The van der Waals surface area contributed by atoms with E-state index in [0.29, 0.717) is 17.8 Å². The van der Waals surface area contributed by atoms with E-state index in [1.807, 2.05) is 24.3 Å². The van der Waals surface area contributed by atoms with Crippen LogP contribution in [0.2, 0.25) is 0 Å². The van der Waals surface area contributed by atoms with Crippen LogP contribution in [0.3, 0.4) is 0 Å². The Hall–Kier alpha value is -1.61. The van der Waals surface area contributed by atoms with Gasteiger partial charge in [-0.3, -0.25) is 4.72 Å². The van der Waals surface area contributed by atoms with Crippen LogP contribution in [-0.2, 0) is 16.6 Å². The van der Waals surface area contributed by atoms with Crippen molar-refractivity contribution in [2.24, 2.45) is 0 Å². The number of hydrogen-bond acceptors (Lipinski definition) is 5. The molecule has 1 atom stereocenters. The summed E-state index contributed by atoms with van der Waals surface area (Å²) in [5.74, 6) is 0. The molecule has 1 aliphatic rings. The fraction of sp³-hybridized carbons (Fsp3) is 0.500. The highest BCUT2D eigenvalue weighted by Gasteiger charge is 2.21. The van der Waals surface area contributed by atoms with Gasteiger partial charge in [0.1, 0.15) is 0 Å². The van der Waals surface area contributed by atoms with Gasteiger partial charge in [0.2, 0.25) is 0 Å². The Labute approximate surface area is 172 Å². The molecule has 0 amide bonds. The van der Waals surface area contributed by atoms with Crippen molar-refractivity contribution in [2.75, 3.05) is 36.8 Å². The summed E-state index contributed by atoms with van der Waals surface area (Å²) in [6.45, 7) is 4.27. The molecular weight excluding hydrogens is 392 g/mol. The van der Waals surface area contributed by atoms with Crippen molar-refractivity contribution < 1.29 is 8.42 Å². The van der Waals surface area contributed by atoms with Crippen molar-refractivity contribution in [1.82, 2.24) is 9.62 Å². The third-order valence-electron chi connectivity index (χ3n) is 5.10. The Morgan fingerprint density at radius 3 is 2.43 bits per heavy atom. The van der Waals surface area contributed by atoms with Crippen LogP contribution in [0.5, 0.6) is 0 Å². The minimum Gasteiger partial charge on any atom is -0.371 e. The molecule has 2 heterocycles. The Morgan fingerprint density at radius 1 is 1.18 bits per heavy atom. The summed E-state index contributed by atoms with van der Waals surface area (Å²) in [5, 5.41) is 8.13. The smallest absolute Gasteiger partial charge is 0.301 e. The van der Waals surface area contributed by atoms with Crippen LogP contribution in [0.1, 0.15) is 25.3 Å². The number of benzene rings is 1. The number of thiophene rings is 1. The van der Waals surface area contributed by atoms with E-state index < -0.39 is 10.2 Å². The second-order valence-electron chi connectivity index (χ2n) is 7.60. The van der Waals surface area contributed by atoms with E-state index in [1.54, 1.807) is 11.3 Å². The third kappa shape index (κ3) is 5.70. The Bertz CT molecular complexity index is 828. The van der Waals surface area contributed by atoms with E-state index >= 15 is 0 Å². The van der Waals surface area contributed by atoms with Gasteiger partial charge in [0, 0.05) is 50.6 Å². The number of rotatable bonds is 8. The van der Waals surface area contributed by atoms with Crippen LogP contribution in [0.15, 0.2) is 41.1 Å².